The molecule has 1 aromatic heterocycles. The van der Waals surface area contributed by atoms with E-state index in [4.69, 9.17) is 0 Å². The van der Waals surface area contributed by atoms with Crippen LogP contribution in [0.3, 0.4) is 0 Å². The van der Waals surface area contributed by atoms with Gasteiger partial charge in [-0.15, -0.1) is 0 Å². The molecule has 1 saturated heterocycles. The van der Waals surface area contributed by atoms with Crippen molar-refractivity contribution in [2.24, 2.45) is 11.0 Å². The third-order valence-electron chi connectivity index (χ3n) is 5.59. The lowest BCUT2D eigenvalue weighted by Gasteiger charge is -2.30. The van der Waals surface area contributed by atoms with E-state index in [0.29, 0.717) is 11.3 Å². The Bertz CT molecular complexity index is 1180. The van der Waals surface area contributed by atoms with Crippen LogP contribution in [0, 0.1) is 17.2 Å². The van der Waals surface area contributed by atoms with Gasteiger partial charge in [0.2, 0.25) is 5.95 Å². The third kappa shape index (κ3) is 5.29. The highest BCUT2D eigenvalue weighted by molar-refractivity contribution is 5.80. The average molecular weight is 427 g/mol. The van der Waals surface area contributed by atoms with Crippen LogP contribution in [-0.2, 0) is 6.54 Å². The van der Waals surface area contributed by atoms with E-state index in [1.54, 1.807) is 6.21 Å². The molecule has 7 heteroatoms. The van der Waals surface area contributed by atoms with Crippen LogP contribution in [0.4, 0.5) is 5.95 Å². The molecule has 2 N–H and O–H groups in total. The summed E-state index contributed by atoms with van der Waals surface area (Å²) in [6.45, 7) is 5.61. The van der Waals surface area contributed by atoms with E-state index in [2.05, 4.69) is 44.5 Å². The Balaban J connectivity index is 1.43. The van der Waals surface area contributed by atoms with Crippen LogP contribution in [-0.4, -0.2) is 34.2 Å². The van der Waals surface area contributed by atoms with Crippen LogP contribution in [0.25, 0.3) is 11.3 Å². The fraction of sp³-hybridized carbons (Fsp3) is 0.280. The average Bonchev–Trinajstić information content (AvgIpc) is 2.80. The van der Waals surface area contributed by atoms with Crippen molar-refractivity contribution in [1.82, 2.24) is 14.9 Å². The molecule has 7 nitrogen and oxygen atoms in total. The fourth-order valence-electron chi connectivity index (χ4n) is 4.00. The van der Waals surface area contributed by atoms with Crippen molar-refractivity contribution in [3.63, 3.8) is 0 Å². The van der Waals surface area contributed by atoms with Crippen molar-refractivity contribution in [2.45, 2.75) is 26.3 Å². The first kappa shape index (κ1) is 21.5. The minimum atomic E-state index is -0.504. The van der Waals surface area contributed by atoms with E-state index in [-0.39, 0.29) is 11.5 Å². The van der Waals surface area contributed by atoms with Crippen LogP contribution in [0.2, 0.25) is 0 Å². The highest BCUT2D eigenvalue weighted by Crippen LogP contribution is 2.20. The molecule has 0 radical (unpaired) electrons. The maximum absolute atomic E-state index is 12.3. The fourth-order valence-corrected chi connectivity index (χ4v) is 4.00. The minimum Gasteiger partial charge on any atom is -0.299 e. The highest BCUT2D eigenvalue weighted by atomic mass is 16.1. The summed E-state index contributed by atoms with van der Waals surface area (Å²) >= 11 is 0. The minimum absolute atomic E-state index is 0.0237. The number of hydrazone groups is 1. The number of aromatic amines is 1. The van der Waals surface area contributed by atoms with E-state index in [1.165, 1.54) is 18.4 Å². The Morgan fingerprint density at radius 3 is 2.75 bits per heavy atom. The molecule has 4 rings (SSSR count). The maximum Gasteiger partial charge on any atom is 0.270 e. The first-order chi connectivity index (χ1) is 15.6. The summed E-state index contributed by atoms with van der Waals surface area (Å²) in [7, 11) is 0. The quantitative estimate of drug-likeness (QED) is 0.459. The van der Waals surface area contributed by atoms with Gasteiger partial charge in [0, 0.05) is 18.7 Å². The van der Waals surface area contributed by atoms with Crippen LogP contribution in [0.15, 0.2) is 64.5 Å². The SMILES string of the molecule is CC1CCCN(Cc2ccc(C=NNc3nc(-c4ccccc4)c(C#N)c(=O)[nH]3)cc2)C1. The summed E-state index contributed by atoms with van der Waals surface area (Å²) in [6, 6.07) is 19.4. The number of nitriles is 1. The van der Waals surface area contributed by atoms with Crippen molar-refractivity contribution in [2.75, 3.05) is 18.5 Å². The number of H-pyrrole nitrogens is 1. The van der Waals surface area contributed by atoms with Crippen LogP contribution >= 0.6 is 0 Å². The van der Waals surface area contributed by atoms with Gasteiger partial charge in [0.15, 0.2) is 0 Å². The predicted octanol–water partition coefficient (Wildman–Crippen LogP) is 3.99. The number of piperidine rings is 1. The molecule has 162 valence electrons. The first-order valence-corrected chi connectivity index (χ1v) is 10.8. The molecule has 0 amide bonds. The van der Waals surface area contributed by atoms with Crippen molar-refractivity contribution in [1.29, 1.82) is 5.26 Å². The Hall–Kier alpha value is -3.76. The van der Waals surface area contributed by atoms with Gasteiger partial charge in [-0.2, -0.15) is 10.4 Å². The summed E-state index contributed by atoms with van der Waals surface area (Å²) in [5.74, 6) is 0.950. The van der Waals surface area contributed by atoms with Gasteiger partial charge in [0.25, 0.3) is 5.56 Å². The Morgan fingerprint density at radius 2 is 2.03 bits per heavy atom. The summed E-state index contributed by atoms with van der Waals surface area (Å²) in [4.78, 5) is 21.8. The van der Waals surface area contributed by atoms with E-state index in [1.807, 2.05) is 48.5 Å². The summed E-state index contributed by atoms with van der Waals surface area (Å²) < 4.78 is 0. The van der Waals surface area contributed by atoms with E-state index in [9.17, 15) is 10.1 Å². The Kier molecular flexibility index (Phi) is 6.73. The van der Waals surface area contributed by atoms with E-state index in [0.717, 1.165) is 31.1 Å². The second-order valence-electron chi connectivity index (χ2n) is 8.21. The molecule has 0 aliphatic carbocycles. The molecular weight excluding hydrogens is 400 g/mol. The van der Waals surface area contributed by atoms with Gasteiger partial charge < -0.3 is 0 Å². The van der Waals surface area contributed by atoms with Gasteiger partial charge >= 0.3 is 0 Å². The van der Waals surface area contributed by atoms with Crippen molar-refractivity contribution in [3.8, 4) is 17.3 Å². The molecule has 0 saturated carbocycles. The van der Waals surface area contributed by atoms with Crippen LogP contribution in [0.5, 0.6) is 0 Å². The molecule has 1 aliphatic rings. The number of nitrogens with one attached hydrogen (secondary N) is 2. The number of hydrogen-bond donors (Lipinski definition) is 2. The summed E-state index contributed by atoms with van der Waals surface area (Å²) in [6.07, 6.45) is 4.27. The van der Waals surface area contributed by atoms with Gasteiger partial charge in [0.1, 0.15) is 11.6 Å². The number of aromatic nitrogens is 2. The van der Waals surface area contributed by atoms with Gasteiger partial charge in [-0.3, -0.25) is 14.7 Å². The molecule has 3 aromatic rings. The third-order valence-corrected chi connectivity index (χ3v) is 5.59. The van der Waals surface area contributed by atoms with Crippen LogP contribution < -0.4 is 11.0 Å². The molecule has 0 bridgehead atoms. The van der Waals surface area contributed by atoms with Gasteiger partial charge in [-0.1, -0.05) is 61.5 Å². The summed E-state index contributed by atoms with van der Waals surface area (Å²) in [5, 5.41) is 13.5. The lowest BCUT2D eigenvalue weighted by Crippen LogP contribution is -2.33. The first-order valence-electron chi connectivity index (χ1n) is 10.8. The Labute approximate surface area is 187 Å². The van der Waals surface area contributed by atoms with Crippen molar-refractivity contribution >= 4 is 12.2 Å². The largest absolute Gasteiger partial charge is 0.299 e. The maximum atomic E-state index is 12.3. The molecule has 1 atom stereocenters. The predicted molar refractivity (Wildman–Crippen MR) is 126 cm³/mol. The van der Waals surface area contributed by atoms with Crippen molar-refractivity contribution < 1.29 is 0 Å². The van der Waals surface area contributed by atoms with Gasteiger partial charge in [-0.25, -0.2) is 10.4 Å². The molecule has 1 fully saturated rings. The lowest BCUT2D eigenvalue weighted by molar-refractivity contribution is 0.176. The number of benzene rings is 2. The summed E-state index contributed by atoms with van der Waals surface area (Å²) in [5.41, 5.74) is 5.48. The number of anilines is 1. The van der Waals surface area contributed by atoms with E-state index < -0.39 is 5.56 Å². The molecule has 2 aromatic carbocycles. The number of likely N-dealkylation sites (tertiary alicyclic amines) is 1. The zero-order valence-electron chi connectivity index (χ0n) is 18.1. The molecule has 32 heavy (non-hydrogen) atoms. The highest BCUT2D eigenvalue weighted by Gasteiger charge is 2.16. The molecule has 2 heterocycles. The zero-order chi connectivity index (χ0) is 22.3. The normalized spacial score (nSPS) is 16.7. The molecule has 1 aliphatic heterocycles. The number of rotatable bonds is 6. The van der Waals surface area contributed by atoms with Gasteiger partial charge in [0.05, 0.1) is 11.9 Å². The Morgan fingerprint density at radius 1 is 1.25 bits per heavy atom. The van der Waals surface area contributed by atoms with Crippen LogP contribution in [0.1, 0.15) is 36.5 Å². The standard InChI is InChI=1S/C25H26N6O/c1-18-6-5-13-31(16-18)17-20-11-9-19(10-12-20)15-27-30-25-28-23(21-7-3-2-4-8-21)22(14-26)24(32)29-25/h2-4,7-12,15,18H,5-6,13,16-17H2,1H3,(H2,28,29,30,32). The topological polar surface area (TPSA) is 97.2 Å². The molecule has 1 unspecified atom stereocenters. The second-order valence-corrected chi connectivity index (χ2v) is 8.21. The number of hydrogen-bond acceptors (Lipinski definition) is 6. The van der Waals surface area contributed by atoms with E-state index >= 15 is 0 Å². The zero-order valence-corrected chi connectivity index (χ0v) is 18.1. The smallest absolute Gasteiger partial charge is 0.270 e. The van der Waals surface area contributed by atoms with Gasteiger partial charge in [-0.05, 0) is 36.4 Å². The molecular formula is C25H26N6O. The second kappa shape index (κ2) is 10.0. The van der Waals surface area contributed by atoms with Crippen molar-refractivity contribution in [3.05, 3.63) is 81.6 Å². The number of nitrogens with zero attached hydrogens (tertiary/aromatic N) is 4. The lowest BCUT2D eigenvalue weighted by atomic mass is 10.00. The molecule has 0 spiro atoms. The monoisotopic (exact) mass is 426 g/mol.